The first kappa shape index (κ1) is 16.8. The Kier molecular flexibility index (Phi) is 4.49. The van der Waals surface area contributed by atoms with Crippen LogP contribution in [0.5, 0.6) is 0 Å². The third-order valence-electron chi connectivity index (χ3n) is 5.42. The van der Waals surface area contributed by atoms with Crippen molar-refractivity contribution in [3.63, 3.8) is 0 Å². The van der Waals surface area contributed by atoms with Crippen molar-refractivity contribution in [2.24, 2.45) is 13.0 Å². The quantitative estimate of drug-likeness (QED) is 0.909. The first-order valence-corrected chi connectivity index (χ1v) is 9.25. The number of hydrogen-bond acceptors (Lipinski definition) is 4. The van der Waals surface area contributed by atoms with Gasteiger partial charge >= 0.3 is 0 Å². The van der Waals surface area contributed by atoms with E-state index in [1.54, 1.807) is 24.0 Å². The lowest BCUT2D eigenvalue weighted by atomic mass is 10.0. The van der Waals surface area contributed by atoms with E-state index in [1.165, 1.54) is 5.56 Å². The lowest BCUT2D eigenvalue weighted by Crippen LogP contribution is -2.50. The van der Waals surface area contributed by atoms with Gasteiger partial charge in [-0.1, -0.05) is 30.3 Å². The molecular formula is C20H24N4O2. The van der Waals surface area contributed by atoms with Gasteiger partial charge in [0.15, 0.2) is 5.82 Å². The van der Waals surface area contributed by atoms with E-state index in [9.17, 15) is 9.59 Å². The number of amides is 1. The van der Waals surface area contributed by atoms with E-state index in [1.807, 2.05) is 23.1 Å². The molecule has 1 aliphatic heterocycles. The Morgan fingerprint density at radius 2 is 2.08 bits per heavy atom. The second kappa shape index (κ2) is 6.94. The minimum atomic E-state index is -0.0918. The molecule has 1 N–H and O–H groups in total. The fraction of sp³-hybridized carbons (Fsp3) is 0.450. The van der Waals surface area contributed by atoms with Crippen molar-refractivity contribution >= 4 is 11.7 Å². The highest BCUT2D eigenvalue weighted by Gasteiger charge is 2.44. The molecule has 1 aliphatic carbocycles. The van der Waals surface area contributed by atoms with Crippen LogP contribution in [0.4, 0.5) is 5.82 Å². The fourth-order valence-electron chi connectivity index (χ4n) is 3.85. The Morgan fingerprint density at radius 1 is 1.27 bits per heavy atom. The normalized spacial score (nSPS) is 25.0. The van der Waals surface area contributed by atoms with Gasteiger partial charge in [-0.05, 0) is 30.7 Å². The minimum absolute atomic E-state index is 0.0694. The van der Waals surface area contributed by atoms with Gasteiger partial charge in [-0.3, -0.25) is 9.59 Å². The van der Waals surface area contributed by atoms with Crippen LogP contribution in [-0.4, -0.2) is 34.6 Å². The fourth-order valence-corrected chi connectivity index (χ4v) is 3.85. The largest absolute Gasteiger partial charge is 0.351 e. The van der Waals surface area contributed by atoms with Crippen molar-refractivity contribution in [1.29, 1.82) is 0 Å². The van der Waals surface area contributed by atoms with E-state index in [0.717, 1.165) is 25.8 Å². The van der Waals surface area contributed by atoms with Gasteiger partial charge in [0.1, 0.15) is 0 Å². The topological polar surface area (TPSA) is 67.2 Å². The Morgan fingerprint density at radius 3 is 2.88 bits per heavy atom. The molecule has 2 fully saturated rings. The van der Waals surface area contributed by atoms with Gasteiger partial charge in [0.05, 0.1) is 0 Å². The summed E-state index contributed by atoms with van der Waals surface area (Å²) < 4.78 is 1.54. The number of piperidine rings is 1. The van der Waals surface area contributed by atoms with E-state index < -0.39 is 0 Å². The number of aryl methyl sites for hydroxylation is 1. The van der Waals surface area contributed by atoms with Crippen LogP contribution >= 0.6 is 0 Å². The maximum absolute atomic E-state index is 12.6. The molecule has 0 spiro atoms. The number of hydrogen-bond donors (Lipinski definition) is 1. The van der Waals surface area contributed by atoms with Gasteiger partial charge in [-0.25, -0.2) is 4.98 Å². The second-order valence-electron chi connectivity index (χ2n) is 7.32. The maximum atomic E-state index is 12.6. The first-order valence-electron chi connectivity index (χ1n) is 9.25. The Bertz CT molecular complexity index is 848. The molecule has 2 aromatic rings. The van der Waals surface area contributed by atoms with Gasteiger partial charge in [-0.15, -0.1) is 0 Å². The molecule has 26 heavy (non-hydrogen) atoms. The van der Waals surface area contributed by atoms with Crippen molar-refractivity contribution in [3.8, 4) is 0 Å². The molecule has 3 atom stereocenters. The van der Waals surface area contributed by atoms with Crippen molar-refractivity contribution < 1.29 is 4.79 Å². The third-order valence-corrected chi connectivity index (χ3v) is 5.42. The highest BCUT2D eigenvalue weighted by molar-refractivity contribution is 5.83. The van der Waals surface area contributed by atoms with Crippen molar-refractivity contribution in [2.75, 3.05) is 18.0 Å². The third kappa shape index (κ3) is 3.36. The molecule has 1 aromatic heterocycles. The van der Waals surface area contributed by atoms with E-state index >= 15 is 0 Å². The van der Waals surface area contributed by atoms with Gasteiger partial charge in [0, 0.05) is 44.5 Å². The lowest BCUT2D eigenvalue weighted by Gasteiger charge is -2.33. The zero-order valence-electron chi connectivity index (χ0n) is 15.0. The molecule has 2 aliphatic rings. The summed E-state index contributed by atoms with van der Waals surface area (Å²) in [4.78, 5) is 31.2. The van der Waals surface area contributed by atoms with E-state index in [-0.39, 0.29) is 23.4 Å². The average Bonchev–Trinajstić information content (AvgIpc) is 3.46. The number of nitrogens with zero attached hydrogens (tertiary/aromatic N) is 3. The van der Waals surface area contributed by atoms with Crippen LogP contribution in [0.25, 0.3) is 0 Å². The van der Waals surface area contributed by atoms with Gasteiger partial charge < -0.3 is 14.8 Å². The second-order valence-corrected chi connectivity index (χ2v) is 7.32. The summed E-state index contributed by atoms with van der Waals surface area (Å²) in [5.41, 5.74) is 1.15. The Balaban J connectivity index is 1.38. The molecule has 136 valence electrons. The van der Waals surface area contributed by atoms with Gasteiger partial charge in [-0.2, -0.15) is 0 Å². The summed E-state index contributed by atoms with van der Waals surface area (Å²) in [6.45, 7) is 1.44. The summed E-state index contributed by atoms with van der Waals surface area (Å²) >= 11 is 0. The zero-order valence-corrected chi connectivity index (χ0v) is 15.0. The van der Waals surface area contributed by atoms with Crippen LogP contribution in [0.1, 0.15) is 30.7 Å². The molecule has 1 saturated carbocycles. The number of carbonyl (C=O) groups is 1. The highest BCUT2D eigenvalue weighted by Crippen LogP contribution is 2.47. The van der Waals surface area contributed by atoms with Crippen LogP contribution < -0.4 is 15.8 Å². The predicted molar refractivity (Wildman–Crippen MR) is 100 cm³/mol. The maximum Gasteiger partial charge on any atom is 0.293 e. The summed E-state index contributed by atoms with van der Waals surface area (Å²) in [6, 6.07) is 10.3. The highest BCUT2D eigenvalue weighted by atomic mass is 16.2. The predicted octanol–water partition coefficient (Wildman–Crippen LogP) is 1.67. The van der Waals surface area contributed by atoms with Crippen LogP contribution in [0, 0.1) is 5.92 Å². The number of benzene rings is 1. The molecule has 1 aromatic carbocycles. The molecule has 0 bridgehead atoms. The molecule has 6 heteroatoms. The van der Waals surface area contributed by atoms with Crippen LogP contribution in [0.3, 0.4) is 0 Å². The molecule has 1 amide bonds. The van der Waals surface area contributed by atoms with Crippen LogP contribution in [0.2, 0.25) is 0 Å². The Labute approximate surface area is 152 Å². The molecule has 2 heterocycles. The van der Waals surface area contributed by atoms with E-state index in [0.29, 0.717) is 18.3 Å². The summed E-state index contributed by atoms with van der Waals surface area (Å²) in [7, 11) is 1.73. The average molecular weight is 352 g/mol. The number of anilines is 1. The number of nitrogens with one attached hydrogen (secondary N) is 1. The van der Waals surface area contributed by atoms with Crippen molar-refractivity contribution in [1.82, 2.24) is 14.9 Å². The monoisotopic (exact) mass is 352 g/mol. The van der Waals surface area contributed by atoms with E-state index in [2.05, 4.69) is 22.4 Å². The molecule has 1 saturated heterocycles. The van der Waals surface area contributed by atoms with E-state index in [4.69, 9.17) is 0 Å². The summed E-state index contributed by atoms with van der Waals surface area (Å²) in [6.07, 6.45) is 6.11. The minimum Gasteiger partial charge on any atom is -0.351 e. The summed E-state index contributed by atoms with van der Waals surface area (Å²) in [5, 5.41) is 3.20. The zero-order chi connectivity index (χ0) is 18.1. The first-order chi connectivity index (χ1) is 12.6. The van der Waals surface area contributed by atoms with Crippen molar-refractivity contribution in [3.05, 3.63) is 58.6 Å². The SMILES string of the molecule is Cn1ccnc(N2CCC[C@H](NC(=O)[C@@H]3C[C@H]3c3ccccc3)C2)c1=O. The molecule has 0 unspecified atom stereocenters. The van der Waals surface area contributed by atoms with Gasteiger partial charge in [0.25, 0.3) is 5.56 Å². The number of carbonyl (C=O) groups excluding carboxylic acids is 1. The smallest absolute Gasteiger partial charge is 0.293 e. The lowest BCUT2D eigenvalue weighted by molar-refractivity contribution is -0.123. The standard InChI is InChI=1S/C20H24N4O2/c1-23-11-9-21-18(20(23)26)24-10-5-8-15(13-24)22-19(25)17-12-16(17)14-6-3-2-4-7-14/h2-4,6-7,9,11,15-17H,5,8,10,12-13H2,1H3,(H,22,25)/t15-,16-,17+/m0/s1. The van der Waals surface area contributed by atoms with Crippen LogP contribution in [-0.2, 0) is 11.8 Å². The molecule has 6 nitrogen and oxygen atoms in total. The van der Waals surface area contributed by atoms with Crippen LogP contribution in [0.15, 0.2) is 47.5 Å². The summed E-state index contributed by atoms with van der Waals surface area (Å²) in [5.74, 6) is 1.04. The number of aromatic nitrogens is 2. The molecule has 4 rings (SSSR count). The van der Waals surface area contributed by atoms with Gasteiger partial charge in [0.2, 0.25) is 5.91 Å². The number of rotatable bonds is 4. The Hall–Kier alpha value is -2.63. The molecule has 0 radical (unpaired) electrons. The van der Waals surface area contributed by atoms with Crippen molar-refractivity contribution in [2.45, 2.75) is 31.2 Å². The molecular weight excluding hydrogens is 328 g/mol.